The maximum atomic E-state index is 11.8. The van der Waals surface area contributed by atoms with Crippen LogP contribution in [0.4, 0.5) is 0 Å². The quantitative estimate of drug-likeness (QED) is 0.311. The maximum Gasteiger partial charge on any atom is 0.238 e. The van der Waals surface area contributed by atoms with Crippen molar-refractivity contribution in [1.29, 1.82) is 0 Å². The lowest BCUT2D eigenvalue weighted by molar-refractivity contribution is -0.121. The first-order chi connectivity index (χ1) is 11.9. The molecule has 132 valence electrons. The van der Waals surface area contributed by atoms with Crippen LogP contribution >= 0.6 is 23.8 Å². The lowest BCUT2D eigenvalue weighted by atomic mass is 10.1. The predicted octanol–water partition coefficient (Wildman–Crippen LogP) is 2.38. The van der Waals surface area contributed by atoms with Gasteiger partial charge in [0.25, 0.3) is 0 Å². The van der Waals surface area contributed by atoms with Gasteiger partial charge in [0.2, 0.25) is 5.91 Å². The minimum absolute atomic E-state index is 0.188. The lowest BCUT2D eigenvalue weighted by Gasteiger charge is -2.12. The van der Waals surface area contributed by atoms with E-state index in [4.69, 9.17) is 23.8 Å². The lowest BCUT2D eigenvalue weighted by Crippen LogP contribution is -2.46. The summed E-state index contributed by atoms with van der Waals surface area (Å²) in [7, 11) is 0. The van der Waals surface area contributed by atoms with Gasteiger partial charge in [-0.15, -0.1) is 0 Å². The molecular weight excluding hydrogens is 362 g/mol. The van der Waals surface area contributed by atoms with Crippen molar-refractivity contribution in [3.05, 3.63) is 58.6 Å². The molecular formula is C17H18ClN3O3S. The Morgan fingerprint density at radius 3 is 2.36 bits per heavy atom. The van der Waals surface area contributed by atoms with Crippen molar-refractivity contribution in [3.8, 4) is 11.5 Å². The molecule has 0 spiro atoms. The van der Waals surface area contributed by atoms with Gasteiger partial charge in [0, 0.05) is 18.0 Å². The zero-order valence-corrected chi connectivity index (χ0v) is 14.8. The van der Waals surface area contributed by atoms with Gasteiger partial charge < -0.3 is 15.5 Å². The Kier molecular flexibility index (Phi) is 6.85. The minimum Gasteiger partial charge on any atom is -0.504 e. The average molecular weight is 380 g/mol. The predicted molar refractivity (Wildman–Crippen MR) is 100 cm³/mol. The van der Waals surface area contributed by atoms with E-state index in [2.05, 4.69) is 16.2 Å². The molecule has 0 radical (unpaired) electrons. The number of aromatic hydroxyl groups is 2. The zero-order valence-electron chi connectivity index (χ0n) is 13.3. The number of amides is 1. The van der Waals surface area contributed by atoms with Crippen LogP contribution in [0.1, 0.15) is 17.5 Å². The molecule has 0 aromatic heterocycles. The number of thiocarbonyl (C=S) groups is 1. The fourth-order valence-electron chi connectivity index (χ4n) is 2.00. The Morgan fingerprint density at radius 2 is 1.68 bits per heavy atom. The molecule has 0 aliphatic rings. The van der Waals surface area contributed by atoms with Crippen LogP contribution in [0.25, 0.3) is 0 Å². The van der Waals surface area contributed by atoms with Gasteiger partial charge in [-0.1, -0.05) is 29.8 Å². The van der Waals surface area contributed by atoms with Crippen LogP contribution in [-0.4, -0.2) is 21.2 Å². The van der Waals surface area contributed by atoms with E-state index in [0.717, 1.165) is 11.1 Å². The number of rotatable bonds is 5. The van der Waals surface area contributed by atoms with E-state index in [1.165, 1.54) is 12.1 Å². The van der Waals surface area contributed by atoms with E-state index in [1.54, 1.807) is 18.2 Å². The van der Waals surface area contributed by atoms with Crippen molar-refractivity contribution in [2.75, 3.05) is 0 Å². The van der Waals surface area contributed by atoms with E-state index in [0.29, 0.717) is 23.1 Å². The van der Waals surface area contributed by atoms with Crippen molar-refractivity contribution in [2.24, 2.45) is 0 Å². The van der Waals surface area contributed by atoms with Gasteiger partial charge in [-0.3, -0.25) is 15.6 Å². The summed E-state index contributed by atoms with van der Waals surface area (Å²) in [6.07, 6.45) is 0.628. The minimum atomic E-state index is -0.247. The molecule has 0 heterocycles. The zero-order chi connectivity index (χ0) is 18.2. The third kappa shape index (κ3) is 6.48. The SMILES string of the molecule is O=C(CCc1ccc(O)c(O)c1)NNC(=S)NCc1ccc(Cl)cc1. The standard InChI is InChI=1S/C17H18ClN3O3S/c18-13-5-1-12(2-6-13)10-19-17(25)21-20-16(24)8-4-11-3-7-14(22)15(23)9-11/h1-3,5-7,9,22-23H,4,8,10H2,(H,20,24)(H2,19,21,25). The molecule has 8 heteroatoms. The van der Waals surface area contributed by atoms with Crippen LogP contribution < -0.4 is 16.2 Å². The van der Waals surface area contributed by atoms with Crippen LogP contribution in [0, 0.1) is 0 Å². The molecule has 2 rings (SSSR count). The largest absolute Gasteiger partial charge is 0.504 e. The highest BCUT2D eigenvalue weighted by Gasteiger charge is 2.05. The summed E-state index contributed by atoms with van der Waals surface area (Å²) >= 11 is 10.9. The van der Waals surface area contributed by atoms with Crippen LogP contribution in [0.3, 0.4) is 0 Å². The molecule has 5 N–H and O–H groups in total. The molecule has 0 unspecified atom stereocenters. The van der Waals surface area contributed by atoms with E-state index in [1.807, 2.05) is 12.1 Å². The third-order valence-corrected chi connectivity index (χ3v) is 3.86. The first-order valence-electron chi connectivity index (χ1n) is 7.52. The molecule has 0 saturated heterocycles. The number of nitrogens with one attached hydrogen (secondary N) is 3. The molecule has 2 aromatic rings. The van der Waals surface area contributed by atoms with Crippen molar-refractivity contribution < 1.29 is 15.0 Å². The Hall–Kier alpha value is -2.51. The van der Waals surface area contributed by atoms with Crippen molar-refractivity contribution in [1.82, 2.24) is 16.2 Å². The molecule has 0 bridgehead atoms. The van der Waals surface area contributed by atoms with Gasteiger partial charge >= 0.3 is 0 Å². The number of carbonyl (C=O) groups excluding carboxylic acids is 1. The Bertz CT molecular complexity index is 753. The number of phenolic OH excluding ortho intramolecular Hbond substituents is 2. The Balaban J connectivity index is 1.67. The van der Waals surface area contributed by atoms with Gasteiger partial charge in [-0.05, 0) is 54.0 Å². The summed E-state index contributed by atoms with van der Waals surface area (Å²) < 4.78 is 0. The summed E-state index contributed by atoms with van der Waals surface area (Å²) in [6, 6.07) is 11.8. The molecule has 1 amide bonds. The normalized spacial score (nSPS) is 10.1. The van der Waals surface area contributed by atoms with Gasteiger partial charge in [-0.2, -0.15) is 0 Å². The molecule has 0 aliphatic heterocycles. The molecule has 0 atom stereocenters. The topological polar surface area (TPSA) is 93.6 Å². The second kappa shape index (κ2) is 9.10. The molecule has 2 aromatic carbocycles. The highest BCUT2D eigenvalue weighted by atomic mass is 35.5. The van der Waals surface area contributed by atoms with Crippen molar-refractivity contribution >= 4 is 34.8 Å². The van der Waals surface area contributed by atoms with E-state index in [-0.39, 0.29) is 23.8 Å². The number of phenols is 2. The molecule has 0 saturated carbocycles. The smallest absolute Gasteiger partial charge is 0.238 e. The van der Waals surface area contributed by atoms with E-state index >= 15 is 0 Å². The van der Waals surface area contributed by atoms with Gasteiger partial charge in [0.15, 0.2) is 16.6 Å². The molecule has 0 fully saturated rings. The second-order valence-corrected chi connectivity index (χ2v) is 6.15. The monoisotopic (exact) mass is 379 g/mol. The third-order valence-electron chi connectivity index (χ3n) is 3.36. The highest BCUT2D eigenvalue weighted by molar-refractivity contribution is 7.80. The number of aryl methyl sites for hydroxylation is 1. The Morgan fingerprint density at radius 1 is 1.00 bits per heavy atom. The first kappa shape index (κ1) is 18.8. The summed E-state index contributed by atoms with van der Waals surface area (Å²) in [5.74, 6) is -0.640. The summed E-state index contributed by atoms with van der Waals surface area (Å²) in [5.41, 5.74) is 6.88. The molecule has 25 heavy (non-hydrogen) atoms. The number of carbonyl (C=O) groups is 1. The Labute approximate surface area is 155 Å². The summed E-state index contributed by atoms with van der Waals surface area (Å²) in [5, 5.41) is 22.6. The number of hydrogen-bond donors (Lipinski definition) is 5. The maximum absolute atomic E-state index is 11.8. The van der Waals surface area contributed by atoms with E-state index < -0.39 is 0 Å². The van der Waals surface area contributed by atoms with Crippen LogP contribution in [0.2, 0.25) is 5.02 Å². The number of benzene rings is 2. The van der Waals surface area contributed by atoms with Crippen LogP contribution in [0.5, 0.6) is 11.5 Å². The van der Waals surface area contributed by atoms with Crippen LogP contribution in [0.15, 0.2) is 42.5 Å². The summed E-state index contributed by atoms with van der Waals surface area (Å²) in [4.78, 5) is 11.8. The van der Waals surface area contributed by atoms with E-state index in [9.17, 15) is 15.0 Å². The highest BCUT2D eigenvalue weighted by Crippen LogP contribution is 2.25. The summed E-state index contributed by atoms with van der Waals surface area (Å²) in [6.45, 7) is 0.506. The van der Waals surface area contributed by atoms with Crippen LogP contribution in [-0.2, 0) is 17.8 Å². The number of hydrogen-bond acceptors (Lipinski definition) is 4. The molecule has 6 nitrogen and oxygen atoms in total. The number of hydrazine groups is 1. The van der Waals surface area contributed by atoms with Crippen molar-refractivity contribution in [3.63, 3.8) is 0 Å². The van der Waals surface area contributed by atoms with Crippen molar-refractivity contribution in [2.45, 2.75) is 19.4 Å². The van der Waals surface area contributed by atoms with Gasteiger partial charge in [0.05, 0.1) is 0 Å². The molecule has 0 aliphatic carbocycles. The average Bonchev–Trinajstić information content (AvgIpc) is 2.60. The first-order valence-corrected chi connectivity index (χ1v) is 8.30. The van der Waals surface area contributed by atoms with Gasteiger partial charge in [0.1, 0.15) is 0 Å². The van der Waals surface area contributed by atoms with Gasteiger partial charge in [-0.25, -0.2) is 0 Å². The fourth-order valence-corrected chi connectivity index (χ4v) is 2.25. The second-order valence-electron chi connectivity index (χ2n) is 5.31. The number of halogens is 1. The fraction of sp³-hybridized carbons (Fsp3) is 0.176.